The van der Waals surface area contributed by atoms with Crippen molar-refractivity contribution in [3.63, 3.8) is 0 Å². The van der Waals surface area contributed by atoms with Gasteiger partial charge in [0.2, 0.25) is 0 Å². The number of alkyl carbamates (subject to hydrolysis) is 1. The maximum Gasteiger partial charge on any atom is 0.407 e. The summed E-state index contributed by atoms with van der Waals surface area (Å²) in [6.07, 6.45) is 9.82. The molecule has 4 heteroatoms. The smallest absolute Gasteiger partial charge is 0.407 e. The van der Waals surface area contributed by atoms with Gasteiger partial charge in [0.15, 0.2) is 0 Å². The maximum atomic E-state index is 11.6. The van der Waals surface area contributed by atoms with E-state index in [2.05, 4.69) is 16.6 Å². The first-order chi connectivity index (χ1) is 8.90. The van der Waals surface area contributed by atoms with E-state index in [1.807, 2.05) is 20.8 Å². The Bertz CT molecular complexity index is 320. The maximum absolute atomic E-state index is 11.6. The standard InChI is InChI=1S/C15H26N2O2/c1-5-6-11-16-12-7-9-13(10-8-12)17-14(18)19-15(2,3)4/h1,12-13,16H,6-11H2,2-4H3,(H,17,18). The lowest BCUT2D eigenvalue weighted by Gasteiger charge is -2.30. The number of carbonyl (C=O) groups is 1. The van der Waals surface area contributed by atoms with Gasteiger partial charge in [-0.1, -0.05) is 0 Å². The number of rotatable bonds is 4. The molecule has 1 aliphatic rings. The van der Waals surface area contributed by atoms with Crippen LogP contribution in [0.2, 0.25) is 0 Å². The van der Waals surface area contributed by atoms with E-state index in [9.17, 15) is 4.79 Å². The monoisotopic (exact) mass is 266 g/mol. The van der Waals surface area contributed by atoms with Crippen LogP contribution in [0.25, 0.3) is 0 Å². The van der Waals surface area contributed by atoms with Gasteiger partial charge < -0.3 is 15.4 Å². The molecule has 0 aromatic carbocycles. The molecule has 0 spiro atoms. The Hall–Kier alpha value is -1.21. The van der Waals surface area contributed by atoms with Crippen molar-refractivity contribution in [1.82, 2.24) is 10.6 Å². The number of hydrogen-bond acceptors (Lipinski definition) is 3. The molecule has 1 rings (SSSR count). The van der Waals surface area contributed by atoms with Crippen molar-refractivity contribution in [2.75, 3.05) is 6.54 Å². The van der Waals surface area contributed by atoms with Crippen molar-refractivity contribution < 1.29 is 9.53 Å². The Labute approximate surface area is 116 Å². The Kier molecular flexibility index (Phi) is 6.17. The van der Waals surface area contributed by atoms with E-state index in [4.69, 9.17) is 11.2 Å². The second kappa shape index (κ2) is 7.40. The van der Waals surface area contributed by atoms with Gasteiger partial charge in [0.1, 0.15) is 5.60 Å². The lowest BCUT2D eigenvalue weighted by atomic mass is 9.91. The molecule has 0 atom stereocenters. The van der Waals surface area contributed by atoms with E-state index >= 15 is 0 Å². The third-order valence-corrected chi connectivity index (χ3v) is 3.15. The van der Waals surface area contributed by atoms with Gasteiger partial charge in [-0.3, -0.25) is 0 Å². The molecule has 4 nitrogen and oxygen atoms in total. The van der Waals surface area contributed by atoms with Crippen LogP contribution in [0.4, 0.5) is 4.79 Å². The number of carbonyl (C=O) groups excluding carboxylic acids is 1. The van der Waals surface area contributed by atoms with E-state index in [0.717, 1.165) is 38.6 Å². The van der Waals surface area contributed by atoms with Gasteiger partial charge in [-0.15, -0.1) is 12.3 Å². The molecule has 0 aromatic heterocycles. The average Bonchev–Trinajstić information content (AvgIpc) is 2.29. The number of hydrogen-bond donors (Lipinski definition) is 2. The van der Waals surface area contributed by atoms with E-state index in [-0.39, 0.29) is 12.1 Å². The summed E-state index contributed by atoms with van der Waals surface area (Å²) in [5.41, 5.74) is -0.432. The average molecular weight is 266 g/mol. The molecule has 1 amide bonds. The highest BCUT2D eigenvalue weighted by molar-refractivity contribution is 5.68. The van der Waals surface area contributed by atoms with Crippen molar-refractivity contribution in [2.45, 2.75) is 70.6 Å². The highest BCUT2D eigenvalue weighted by Crippen LogP contribution is 2.19. The van der Waals surface area contributed by atoms with Crippen LogP contribution in [0, 0.1) is 12.3 Å². The highest BCUT2D eigenvalue weighted by atomic mass is 16.6. The minimum absolute atomic E-state index is 0.237. The Morgan fingerprint density at radius 3 is 2.37 bits per heavy atom. The van der Waals surface area contributed by atoms with Gasteiger partial charge in [-0.2, -0.15) is 0 Å². The van der Waals surface area contributed by atoms with Gasteiger partial charge in [-0.25, -0.2) is 4.79 Å². The summed E-state index contributed by atoms with van der Waals surface area (Å²) >= 11 is 0. The second-order valence-corrected chi connectivity index (χ2v) is 6.10. The van der Waals surface area contributed by atoms with Crippen molar-refractivity contribution in [3.05, 3.63) is 0 Å². The second-order valence-electron chi connectivity index (χ2n) is 6.10. The summed E-state index contributed by atoms with van der Waals surface area (Å²) in [6.45, 7) is 6.50. The molecular formula is C15H26N2O2. The molecule has 0 aliphatic heterocycles. The van der Waals surface area contributed by atoms with Crippen molar-refractivity contribution >= 4 is 6.09 Å². The lowest BCUT2D eigenvalue weighted by molar-refractivity contribution is 0.0490. The van der Waals surface area contributed by atoms with E-state index in [1.54, 1.807) is 0 Å². The molecule has 0 saturated heterocycles. The summed E-state index contributed by atoms with van der Waals surface area (Å²) < 4.78 is 5.26. The zero-order valence-electron chi connectivity index (χ0n) is 12.3. The van der Waals surface area contributed by atoms with Crippen LogP contribution in [0.15, 0.2) is 0 Å². The Morgan fingerprint density at radius 2 is 1.84 bits per heavy atom. The van der Waals surface area contributed by atoms with Gasteiger partial charge >= 0.3 is 6.09 Å². The first-order valence-electron chi connectivity index (χ1n) is 7.07. The largest absolute Gasteiger partial charge is 0.444 e. The minimum Gasteiger partial charge on any atom is -0.444 e. The quantitative estimate of drug-likeness (QED) is 0.607. The van der Waals surface area contributed by atoms with Crippen molar-refractivity contribution in [3.8, 4) is 12.3 Å². The first kappa shape index (κ1) is 15.8. The normalized spacial score (nSPS) is 23.5. The van der Waals surface area contributed by atoms with E-state index in [1.165, 1.54) is 0 Å². The van der Waals surface area contributed by atoms with Gasteiger partial charge in [-0.05, 0) is 46.5 Å². The molecule has 0 radical (unpaired) electrons. The van der Waals surface area contributed by atoms with Gasteiger partial charge in [0.25, 0.3) is 0 Å². The van der Waals surface area contributed by atoms with Crippen molar-refractivity contribution in [1.29, 1.82) is 0 Å². The number of nitrogens with one attached hydrogen (secondary N) is 2. The predicted molar refractivity (Wildman–Crippen MR) is 76.9 cm³/mol. The SMILES string of the molecule is C#CCCNC1CCC(NC(=O)OC(C)(C)C)CC1. The third-order valence-electron chi connectivity index (χ3n) is 3.15. The highest BCUT2D eigenvalue weighted by Gasteiger charge is 2.24. The fourth-order valence-corrected chi connectivity index (χ4v) is 2.26. The number of ether oxygens (including phenoxy) is 1. The predicted octanol–water partition coefficient (Wildman–Crippen LogP) is 2.44. The lowest BCUT2D eigenvalue weighted by Crippen LogP contribution is -2.44. The fraction of sp³-hybridized carbons (Fsp3) is 0.800. The molecule has 2 N–H and O–H groups in total. The van der Waals surface area contributed by atoms with Crippen LogP contribution in [0.3, 0.4) is 0 Å². The zero-order chi connectivity index (χ0) is 14.3. The molecule has 1 aliphatic carbocycles. The first-order valence-corrected chi connectivity index (χ1v) is 7.07. The van der Waals surface area contributed by atoms with Crippen LogP contribution in [0.5, 0.6) is 0 Å². The number of amides is 1. The van der Waals surface area contributed by atoms with E-state index < -0.39 is 5.60 Å². The minimum atomic E-state index is -0.432. The molecule has 0 heterocycles. The molecular weight excluding hydrogens is 240 g/mol. The summed E-state index contributed by atoms with van der Waals surface area (Å²) in [6, 6.07) is 0.769. The van der Waals surface area contributed by atoms with Gasteiger partial charge in [0, 0.05) is 25.0 Å². The van der Waals surface area contributed by atoms with Crippen LogP contribution in [0.1, 0.15) is 52.9 Å². The topological polar surface area (TPSA) is 50.4 Å². The number of terminal acetylenes is 1. The summed E-state index contributed by atoms with van der Waals surface area (Å²) in [5.74, 6) is 2.63. The molecule has 108 valence electrons. The Morgan fingerprint density at radius 1 is 1.26 bits per heavy atom. The molecule has 0 aromatic rings. The molecule has 19 heavy (non-hydrogen) atoms. The van der Waals surface area contributed by atoms with Crippen LogP contribution in [-0.4, -0.2) is 30.3 Å². The molecule has 1 saturated carbocycles. The van der Waals surface area contributed by atoms with Gasteiger partial charge in [0.05, 0.1) is 0 Å². The van der Waals surface area contributed by atoms with Crippen LogP contribution in [-0.2, 0) is 4.74 Å². The molecule has 1 fully saturated rings. The van der Waals surface area contributed by atoms with E-state index in [0.29, 0.717) is 6.04 Å². The molecule has 0 bridgehead atoms. The third kappa shape index (κ3) is 7.07. The molecule has 0 unspecified atom stereocenters. The van der Waals surface area contributed by atoms with Crippen LogP contribution < -0.4 is 10.6 Å². The van der Waals surface area contributed by atoms with Crippen molar-refractivity contribution in [2.24, 2.45) is 0 Å². The zero-order valence-corrected chi connectivity index (χ0v) is 12.3. The van der Waals surface area contributed by atoms with Crippen LogP contribution >= 0.6 is 0 Å². The summed E-state index contributed by atoms with van der Waals surface area (Å²) in [4.78, 5) is 11.6. The Balaban J connectivity index is 2.20. The fourth-order valence-electron chi connectivity index (χ4n) is 2.26. The summed E-state index contributed by atoms with van der Waals surface area (Å²) in [7, 11) is 0. The summed E-state index contributed by atoms with van der Waals surface area (Å²) in [5, 5.41) is 6.39.